The van der Waals surface area contributed by atoms with Gasteiger partial charge in [-0.25, -0.2) is 4.98 Å². The maximum atomic E-state index is 6.06. The van der Waals surface area contributed by atoms with Gasteiger partial charge in [-0.2, -0.15) is 4.98 Å². The number of alkyl halides is 1. The Balaban J connectivity index is 2.35. The molecular formula is C15H19Cl2N3. The molecule has 0 N–H and O–H groups in total. The van der Waals surface area contributed by atoms with Crippen molar-refractivity contribution in [3.63, 3.8) is 0 Å². The Bertz CT molecular complexity index is 560. The average Bonchev–Trinajstić information content (AvgIpc) is 2.45. The first-order valence-corrected chi connectivity index (χ1v) is 7.90. The van der Waals surface area contributed by atoms with Crippen LogP contribution in [0.1, 0.15) is 26.2 Å². The van der Waals surface area contributed by atoms with E-state index in [2.05, 4.69) is 21.8 Å². The third-order valence-electron chi connectivity index (χ3n) is 3.16. The lowest BCUT2D eigenvalue weighted by Crippen LogP contribution is -2.26. The van der Waals surface area contributed by atoms with Crippen molar-refractivity contribution in [3.05, 3.63) is 29.5 Å². The predicted molar refractivity (Wildman–Crippen MR) is 87.0 cm³/mol. The Hall–Kier alpha value is -1.06. The van der Waals surface area contributed by atoms with Crippen LogP contribution in [0.4, 0.5) is 5.82 Å². The first kappa shape index (κ1) is 15.3. The number of unbranched alkanes of at least 4 members (excludes halogenated alkanes) is 1. The summed E-state index contributed by atoms with van der Waals surface area (Å²) in [5, 5.41) is 1.35. The number of halogens is 2. The molecule has 0 amide bonds. The van der Waals surface area contributed by atoms with Crippen molar-refractivity contribution in [2.24, 2.45) is 0 Å². The summed E-state index contributed by atoms with van der Waals surface area (Å²) in [5.74, 6) is 1.63. The van der Waals surface area contributed by atoms with Crippen LogP contribution in [-0.2, 0) is 0 Å². The van der Waals surface area contributed by atoms with Gasteiger partial charge in [-0.15, -0.1) is 11.6 Å². The molecule has 2 aromatic rings. The van der Waals surface area contributed by atoms with Crippen molar-refractivity contribution >= 4 is 39.9 Å². The van der Waals surface area contributed by atoms with Gasteiger partial charge < -0.3 is 4.90 Å². The van der Waals surface area contributed by atoms with Crippen molar-refractivity contribution in [1.82, 2.24) is 9.97 Å². The molecule has 1 aromatic heterocycles. The van der Waals surface area contributed by atoms with Crippen LogP contribution in [0.2, 0.25) is 5.28 Å². The van der Waals surface area contributed by atoms with Gasteiger partial charge in [0.2, 0.25) is 5.28 Å². The van der Waals surface area contributed by atoms with E-state index >= 15 is 0 Å². The SMILES string of the molecule is CCCN(CCCCCl)c1nc(Cl)nc2ccccc12. The molecule has 0 spiro atoms. The third-order valence-corrected chi connectivity index (χ3v) is 3.60. The van der Waals surface area contributed by atoms with Crippen molar-refractivity contribution < 1.29 is 0 Å². The van der Waals surface area contributed by atoms with Crippen LogP contribution in [-0.4, -0.2) is 28.9 Å². The number of hydrogen-bond donors (Lipinski definition) is 0. The van der Waals surface area contributed by atoms with E-state index in [4.69, 9.17) is 23.2 Å². The first-order chi connectivity index (χ1) is 9.76. The Morgan fingerprint density at radius 3 is 2.65 bits per heavy atom. The van der Waals surface area contributed by atoms with Crippen molar-refractivity contribution in [2.75, 3.05) is 23.9 Å². The van der Waals surface area contributed by atoms with Crippen LogP contribution in [0.15, 0.2) is 24.3 Å². The number of nitrogens with zero attached hydrogens (tertiary/aromatic N) is 3. The number of hydrogen-bond acceptors (Lipinski definition) is 3. The molecule has 0 fully saturated rings. The summed E-state index contributed by atoms with van der Waals surface area (Å²) < 4.78 is 0. The van der Waals surface area contributed by atoms with Gasteiger partial charge in [0.25, 0.3) is 0 Å². The maximum Gasteiger partial charge on any atom is 0.224 e. The zero-order valence-corrected chi connectivity index (χ0v) is 13.2. The summed E-state index contributed by atoms with van der Waals surface area (Å²) in [4.78, 5) is 11.0. The molecule has 5 heteroatoms. The highest BCUT2D eigenvalue weighted by Gasteiger charge is 2.13. The molecule has 1 heterocycles. The molecule has 0 bridgehead atoms. The van der Waals surface area contributed by atoms with Crippen LogP contribution in [0.5, 0.6) is 0 Å². The monoisotopic (exact) mass is 311 g/mol. The third kappa shape index (κ3) is 3.74. The molecule has 0 aliphatic heterocycles. The molecule has 3 nitrogen and oxygen atoms in total. The van der Waals surface area contributed by atoms with Crippen LogP contribution >= 0.6 is 23.2 Å². The molecule has 0 saturated carbocycles. The van der Waals surface area contributed by atoms with E-state index in [1.807, 2.05) is 24.3 Å². The topological polar surface area (TPSA) is 29.0 Å². The van der Waals surface area contributed by atoms with E-state index in [9.17, 15) is 0 Å². The number of benzene rings is 1. The van der Waals surface area contributed by atoms with Crippen LogP contribution in [0.3, 0.4) is 0 Å². The van der Waals surface area contributed by atoms with Gasteiger partial charge in [-0.1, -0.05) is 19.1 Å². The molecule has 0 atom stereocenters. The van der Waals surface area contributed by atoms with E-state index in [0.29, 0.717) is 11.2 Å². The van der Waals surface area contributed by atoms with Gasteiger partial charge in [-0.05, 0) is 43.0 Å². The highest BCUT2D eigenvalue weighted by molar-refractivity contribution is 6.28. The molecule has 0 aliphatic rings. The van der Waals surface area contributed by atoms with E-state index in [1.165, 1.54) is 0 Å². The number of anilines is 1. The summed E-state index contributed by atoms with van der Waals surface area (Å²) in [6.07, 6.45) is 3.13. The number of para-hydroxylation sites is 1. The molecule has 2 rings (SSSR count). The largest absolute Gasteiger partial charge is 0.356 e. The second-order valence-corrected chi connectivity index (χ2v) is 5.43. The fourth-order valence-corrected chi connectivity index (χ4v) is 2.62. The lowest BCUT2D eigenvalue weighted by atomic mass is 10.2. The molecule has 0 saturated heterocycles. The quantitative estimate of drug-likeness (QED) is 0.428. The van der Waals surface area contributed by atoms with Gasteiger partial charge in [0, 0.05) is 24.4 Å². The second kappa shape index (κ2) is 7.65. The fourth-order valence-electron chi connectivity index (χ4n) is 2.26. The molecule has 0 unspecified atom stereocenters. The van der Waals surface area contributed by atoms with Gasteiger partial charge in [-0.3, -0.25) is 0 Å². The van der Waals surface area contributed by atoms with Crippen LogP contribution in [0, 0.1) is 0 Å². The van der Waals surface area contributed by atoms with Crippen molar-refractivity contribution in [2.45, 2.75) is 26.2 Å². The summed E-state index contributed by atoms with van der Waals surface area (Å²) in [5.41, 5.74) is 0.890. The highest BCUT2D eigenvalue weighted by atomic mass is 35.5. The molecule has 108 valence electrons. The van der Waals surface area contributed by atoms with Gasteiger partial charge in [0.1, 0.15) is 5.82 Å². The van der Waals surface area contributed by atoms with Crippen LogP contribution in [0.25, 0.3) is 10.9 Å². The van der Waals surface area contributed by atoms with Gasteiger partial charge in [0.15, 0.2) is 0 Å². The normalized spacial score (nSPS) is 10.9. The zero-order chi connectivity index (χ0) is 14.4. The number of rotatable bonds is 7. The minimum Gasteiger partial charge on any atom is -0.356 e. The minimum absolute atomic E-state index is 0.303. The molecule has 0 radical (unpaired) electrons. The van der Waals surface area contributed by atoms with E-state index in [-0.39, 0.29) is 0 Å². The lowest BCUT2D eigenvalue weighted by Gasteiger charge is -2.24. The summed E-state index contributed by atoms with van der Waals surface area (Å²) in [7, 11) is 0. The van der Waals surface area contributed by atoms with Gasteiger partial charge in [0.05, 0.1) is 5.52 Å². The summed E-state index contributed by atoms with van der Waals surface area (Å²) in [6, 6.07) is 7.99. The van der Waals surface area contributed by atoms with Crippen molar-refractivity contribution in [3.8, 4) is 0 Å². The van der Waals surface area contributed by atoms with E-state index < -0.39 is 0 Å². The molecular weight excluding hydrogens is 293 g/mol. The van der Waals surface area contributed by atoms with E-state index in [0.717, 1.165) is 49.1 Å². The smallest absolute Gasteiger partial charge is 0.224 e. The van der Waals surface area contributed by atoms with E-state index in [1.54, 1.807) is 0 Å². The Morgan fingerprint density at radius 1 is 1.10 bits per heavy atom. The van der Waals surface area contributed by atoms with Gasteiger partial charge >= 0.3 is 0 Å². The number of fused-ring (bicyclic) bond motifs is 1. The zero-order valence-electron chi connectivity index (χ0n) is 11.6. The Labute approximate surface area is 129 Å². The number of aromatic nitrogens is 2. The molecule has 0 aliphatic carbocycles. The fraction of sp³-hybridized carbons (Fsp3) is 0.467. The Kier molecular flexibility index (Phi) is 5.86. The Morgan fingerprint density at radius 2 is 1.90 bits per heavy atom. The standard InChI is InChI=1S/C15H19Cl2N3/c1-2-10-20(11-6-5-9-16)14-12-7-3-4-8-13(12)18-15(17)19-14/h3-4,7-8H,2,5-6,9-11H2,1H3. The lowest BCUT2D eigenvalue weighted by molar-refractivity contribution is 0.700. The second-order valence-electron chi connectivity index (χ2n) is 4.72. The summed E-state index contributed by atoms with van der Waals surface area (Å²) >= 11 is 11.8. The first-order valence-electron chi connectivity index (χ1n) is 6.99. The minimum atomic E-state index is 0.303. The average molecular weight is 312 g/mol. The highest BCUT2D eigenvalue weighted by Crippen LogP contribution is 2.25. The van der Waals surface area contributed by atoms with Crippen LogP contribution < -0.4 is 4.90 Å². The van der Waals surface area contributed by atoms with Crippen molar-refractivity contribution in [1.29, 1.82) is 0 Å². The maximum absolute atomic E-state index is 6.06. The molecule has 20 heavy (non-hydrogen) atoms. The molecule has 1 aromatic carbocycles. The summed E-state index contributed by atoms with van der Waals surface area (Å²) in [6.45, 7) is 4.07. The predicted octanol–water partition coefficient (Wildman–Crippen LogP) is 4.52.